The van der Waals surface area contributed by atoms with Crippen LogP contribution < -0.4 is 11.1 Å². The Bertz CT molecular complexity index is 2880. The summed E-state index contributed by atoms with van der Waals surface area (Å²) in [5, 5.41) is 41.1. The van der Waals surface area contributed by atoms with Crippen LogP contribution in [-0.2, 0) is 30.4 Å². The van der Waals surface area contributed by atoms with Crippen LogP contribution in [0.4, 0.5) is 34.1 Å². The number of anilines is 2. The molecule has 20 heteroatoms. The minimum Gasteiger partial charge on any atom is -0.505 e. The fourth-order valence-corrected chi connectivity index (χ4v) is 7.41. The maximum Gasteiger partial charge on any atom is 0.296 e. The van der Waals surface area contributed by atoms with Crippen molar-refractivity contribution in [1.29, 1.82) is 0 Å². The van der Waals surface area contributed by atoms with Gasteiger partial charge in [0.25, 0.3) is 30.4 Å². The number of phenolic OH excluding ortho intramolecular Hbond substituents is 2. The fraction of sp³-hybridized carbons (Fsp3) is 0.0588. The maximum atomic E-state index is 12.2. The molecule has 54 heavy (non-hydrogen) atoms. The molecule has 0 bridgehead atoms. The van der Waals surface area contributed by atoms with Crippen LogP contribution >= 0.6 is 0 Å². The van der Waals surface area contributed by atoms with Gasteiger partial charge in [0.2, 0.25) is 0 Å². The lowest BCUT2D eigenvalue weighted by atomic mass is 10.1. The average molecular weight is 793 g/mol. The molecule has 17 nitrogen and oxygen atoms in total. The fourth-order valence-electron chi connectivity index (χ4n) is 5.54. The van der Waals surface area contributed by atoms with Crippen LogP contribution in [-0.4, -0.2) is 55.7 Å². The molecule has 6 rings (SSSR count). The second-order valence-corrected chi connectivity index (χ2v) is 15.8. The highest BCUT2D eigenvalue weighted by molar-refractivity contribution is 7.86. The van der Waals surface area contributed by atoms with Crippen LogP contribution in [0.5, 0.6) is 11.5 Å². The minimum absolute atomic E-state index is 0.196. The molecule has 0 atom stereocenters. The van der Waals surface area contributed by atoms with Crippen molar-refractivity contribution in [1.82, 2.24) is 0 Å². The Balaban J connectivity index is 1.27. The molecule has 0 amide bonds. The zero-order chi connectivity index (χ0) is 39.2. The molecule has 0 saturated carbocycles. The number of phenols is 2. The first-order valence-corrected chi connectivity index (χ1v) is 19.8. The zero-order valence-corrected chi connectivity index (χ0v) is 30.1. The number of benzene rings is 6. The number of aromatic hydroxyl groups is 2. The molecule has 0 heterocycles. The van der Waals surface area contributed by atoms with E-state index in [4.69, 9.17) is 5.73 Å². The molecule has 6 aromatic carbocycles. The van der Waals surface area contributed by atoms with Crippen molar-refractivity contribution in [3.05, 3.63) is 91.0 Å². The zero-order valence-electron chi connectivity index (χ0n) is 27.6. The molecule has 278 valence electrons. The first kappa shape index (κ1) is 37.7. The van der Waals surface area contributed by atoms with Crippen LogP contribution in [0, 0.1) is 0 Å². The molecule has 0 aliphatic carbocycles. The standard InChI is InChI=1S/C34H28N6O11S3/c1-2-36-24-12-7-20-14-28(53(46,47)48)31(33(41)26(20)16-24)39-37-22-8-3-18(4-9-22)19-5-10-23(11-6-19)38-40-32-29(54(49,50)51)15-21-13-25(52(43,44)45)17-27(35)30(21)34(32)42/h3-17,36,41-42H,2,35H2,1H3,(H,43,44,45)(H,46,47,48)(H,49,50,51). The summed E-state index contributed by atoms with van der Waals surface area (Å²) in [4.78, 5) is -2.19. The summed E-state index contributed by atoms with van der Waals surface area (Å²) in [5.41, 5.74) is 6.99. The van der Waals surface area contributed by atoms with Gasteiger partial charge in [-0.15, -0.1) is 10.2 Å². The summed E-state index contributed by atoms with van der Waals surface area (Å²) in [6.45, 7) is 2.50. The third kappa shape index (κ3) is 7.69. The lowest BCUT2D eigenvalue weighted by Crippen LogP contribution is -2.02. The number of hydrogen-bond donors (Lipinski definition) is 7. The quantitative estimate of drug-likeness (QED) is 0.0399. The van der Waals surface area contributed by atoms with Gasteiger partial charge >= 0.3 is 0 Å². The molecule has 0 spiro atoms. The summed E-state index contributed by atoms with van der Waals surface area (Å²) >= 11 is 0. The highest BCUT2D eigenvalue weighted by atomic mass is 32.2. The third-order valence-electron chi connectivity index (χ3n) is 8.04. The van der Waals surface area contributed by atoms with E-state index in [-0.39, 0.29) is 27.8 Å². The lowest BCUT2D eigenvalue weighted by Gasteiger charge is -2.12. The number of nitrogens with zero attached hydrogens (tertiary/aromatic N) is 4. The van der Waals surface area contributed by atoms with Crippen molar-refractivity contribution in [2.75, 3.05) is 17.6 Å². The van der Waals surface area contributed by atoms with Crippen molar-refractivity contribution in [3.63, 3.8) is 0 Å². The van der Waals surface area contributed by atoms with E-state index in [0.717, 1.165) is 18.2 Å². The smallest absolute Gasteiger partial charge is 0.296 e. The Morgan fingerprint density at radius 1 is 0.593 bits per heavy atom. The molecule has 0 unspecified atom stereocenters. The van der Waals surface area contributed by atoms with E-state index in [2.05, 4.69) is 25.8 Å². The Morgan fingerprint density at radius 2 is 1.09 bits per heavy atom. The molecular weight excluding hydrogens is 765 g/mol. The molecule has 0 aromatic heterocycles. The number of nitrogens with two attached hydrogens (primary N) is 1. The Kier molecular flexibility index (Phi) is 9.83. The highest BCUT2D eigenvalue weighted by Gasteiger charge is 2.25. The first-order chi connectivity index (χ1) is 25.3. The van der Waals surface area contributed by atoms with Crippen LogP contribution in [0.1, 0.15) is 6.92 Å². The normalized spacial score (nSPS) is 12.7. The highest BCUT2D eigenvalue weighted by Crippen LogP contribution is 2.45. The summed E-state index contributed by atoms with van der Waals surface area (Å²) in [7, 11) is -14.6. The summed E-state index contributed by atoms with van der Waals surface area (Å²) < 4.78 is 101. The summed E-state index contributed by atoms with van der Waals surface area (Å²) in [6, 6.07) is 21.5. The van der Waals surface area contributed by atoms with Crippen molar-refractivity contribution < 1.29 is 49.1 Å². The average Bonchev–Trinajstić information content (AvgIpc) is 3.10. The van der Waals surface area contributed by atoms with Crippen LogP contribution in [0.3, 0.4) is 0 Å². The number of rotatable bonds is 10. The molecule has 8 N–H and O–H groups in total. The Morgan fingerprint density at radius 3 is 1.57 bits per heavy atom. The molecule has 0 radical (unpaired) electrons. The van der Waals surface area contributed by atoms with E-state index in [1.165, 1.54) is 18.2 Å². The van der Waals surface area contributed by atoms with Gasteiger partial charge in [0.05, 0.1) is 16.3 Å². The van der Waals surface area contributed by atoms with Crippen LogP contribution in [0.2, 0.25) is 0 Å². The molecular formula is C34H28N6O11S3. The first-order valence-electron chi connectivity index (χ1n) is 15.4. The number of hydrogen-bond acceptors (Lipinski definition) is 14. The Labute approximate surface area is 307 Å². The predicted molar refractivity (Wildman–Crippen MR) is 199 cm³/mol. The van der Waals surface area contributed by atoms with E-state index >= 15 is 0 Å². The second kappa shape index (κ2) is 14.1. The van der Waals surface area contributed by atoms with Gasteiger partial charge < -0.3 is 21.3 Å². The van der Waals surface area contributed by atoms with Gasteiger partial charge in [0.15, 0.2) is 11.5 Å². The van der Waals surface area contributed by atoms with Crippen molar-refractivity contribution in [2.24, 2.45) is 20.5 Å². The number of nitrogens with one attached hydrogen (secondary N) is 1. The third-order valence-corrected chi connectivity index (χ3v) is 10.6. The van der Waals surface area contributed by atoms with Gasteiger partial charge in [0.1, 0.15) is 21.2 Å². The molecule has 0 saturated heterocycles. The topological polar surface area (TPSA) is 291 Å². The summed E-state index contributed by atoms with van der Waals surface area (Å²) in [5.74, 6) is -1.30. The second-order valence-electron chi connectivity index (χ2n) is 11.6. The van der Waals surface area contributed by atoms with Crippen LogP contribution in [0.25, 0.3) is 32.7 Å². The van der Waals surface area contributed by atoms with Gasteiger partial charge in [-0.25, -0.2) is 0 Å². The van der Waals surface area contributed by atoms with E-state index in [0.29, 0.717) is 34.1 Å². The van der Waals surface area contributed by atoms with E-state index in [1.54, 1.807) is 54.6 Å². The van der Waals surface area contributed by atoms with E-state index in [9.17, 15) is 49.1 Å². The van der Waals surface area contributed by atoms with Crippen LogP contribution in [0.15, 0.2) is 126 Å². The van der Waals surface area contributed by atoms with Crippen molar-refractivity contribution in [3.8, 4) is 22.6 Å². The largest absolute Gasteiger partial charge is 0.505 e. The number of nitrogen functional groups attached to an aromatic ring is 1. The SMILES string of the molecule is CCNc1ccc2cc(S(=O)(=O)O)c(N=Nc3ccc(-c4ccc(N=Nc5c(S(=O)(=O)O)cc6cc(S(=O)(=O)O)cc(N)c6c5O)cc4)cc3)c(O)c2c1. The molecule has 6 aromatic rings. The summed E-state index contributed by atoms with van der Waals surface area (Å²) in [6.07, 6.45) is 0. The van der Waals surface area contributed by atoms with Gasteiger partial charge in [-0.1, -0.05) is 30.3 Å². The predicted octanol–water partition coefficient (Wildman–Crippen LogP) is 7.66. The monoisotopic (exact) mass is 792 g/mol. The lowest BCUT2D eigenvalue weighted by molar-refractivity contribution is 0.471. The van der Waals surface area contributed by atoms with Crippen molar-refractivity contribution >= 4 is 86.0 Å². The molecule has 0 aliphatic heterocycles. The van der Waals surface area contributed by atoms with Crippen molar-refractivity contribution in [2.45, 2.75) is 21.6 Å². The van der Waals surface area contributed by atoms with Gasteiger partial charge in [-0.05, 0) is 89.5 Å². The maximum absolute atomic E-state index is 12.2. The van der Waals surface area contributed by atoms with Gasteiger partial charge in [-0.3, -0.25) is 13.7 Å². The van der Waals surface area contributed by atoms with E-state index in [1.807, 2.05) is 6.92 Å². The van der Waals surface area contributed by atoms with Gasteiger partial charge in [-0.2, -0.15) is 35.5 Å². The van der Waals surface area contributed by atoms with E-state index < -0.39 is 67.9 Å². The number of fused-ring (bicyclic) bond motifs is 2. The molecule has 0 aliphatic rings. The molecule has 0 fully saturated rings. The minimum atomic E-state index is -5.04. The number of azo groups is 2. The Hall–Kier alpha value is -6.03. The van der Waals surface area contributed by atoms with Gasteiger partial charge in [0, 0.05) is 28.7 Å².